The van der Waals surface area contributed by atoms with Crippen molar-refractivity contribution >= 4 is 6.09 Å². The maximum absolute atomic E-state index is 14.7. The molecule has 4 nitrogen and oxygen atoms in total. The van der Waals surface area contributed by atoms with E-state index in [2.05, 4.69) is 0 Å². The van der Waals surface area contributed by atoms with Crippen molar-refractivity contribution in [1.82, 2.24) is 4.90 Å². The molecule has 0 saturated carbocycles. The van der Waals surface area contributed by atoms with Crippen molar-refractivity contribution < 1.29 is 32.2 Å². The van der Waals surface area contributed by atoms with Crippen LogP contribution in [0.3, 0.4) is 0 Å². The molecule has 1 aliphatic rings. The van der Waals surface area contributed by atoms with E-state index in [0.717, 1.165) is 28.8 Å². The van der Waals surface area contributed by atoms with Gasteiger partial charge in [-0.2, -0.15) is 13.2 Å². The van der Waals surface area contributed by atoms with Gasteiger partial charge in [0.05, 0.1) is 18.2 Å². The number of ether oxygens (including phenoxy) is 1. The van der Waals surface area contributed by atoms with E-state index < -0.39 is 41.5 Å². The molecule has 3 aromatic rings. The van der Waals surface area contributed by atoms with E-state index in [9.17, 15) is 27.5 Å². The Kier molecular flexibility index (Phi) is 7.21. The largest absolute Gasteiger partial charge is 0.505 e. The van der Waals surface area contributed by atoms with Gasteiger partial charge in [0.25, 0.3) is 0 Å². The first-order valence-corrected chi connectivity index (χ1v) is 12.5. The number of nitrogens with zero attached hydrogens (tertiary/aromatic N) is 1. The van der Waals surface area contributed by atoms with Crippen molar-refractivity contribution in [2.75, 3.05) is 0 Å². The number of hydrogen-bond acceptors (Lipinski definition) is 3. The zero-order chi connectivity index (χ0) is 28.1. The Hall–Kier alpha value is -3.55. The number of aryl methyl sites for hydroxylation is 2. The van der Waals surface area contributed by atoms with Crippen molar-refractivity contribution in [1.29, 1.82) is 0 Å². The Balaban J connectivity index is 1.73. The summed E-state index contributed by atoms with van der Waals surface area (Å²) in [5.74, 6) is -1.23. The van der Waals surface area contributed by atoms with Gasteiger partial charge in [0.1, 0.15) is 6.10 Å². The molecule has 0 unspecified atom stereocenters. The van der Waals surface area contributed by atoms with Gasteiger partial charge in [0.15, 0.2) is 11.6 Å². The van der Waals surface area contributed by atoms with Gasteiger partial charge in [0, 0.05) is 5.56 Å². The number of alkyl halides is 3. The third kappa shape index (κ3) is 5.08. The van der Waals surface area contributed by atoms with Crippen LogP contribution < -0.4 is 0 Å². The highest BCUT2D eigenvalue weighted by molar-refractivity contribution is 5.76. The number of phenols is 1. The fourth-order valence-corrected chi connectivity index (χ4v) is 5.06. The molecule has 0 aromatic heterocycles. The quantitative estimate of drug-likeness (QED) is 0.338. The van der Waals surface area contributed by atoms with Gasteiger partial charge in [0.2, 0.25) is 0 Å². The predicted molar refractivity (Wildman–Crippen MR) is 137 cm³/mol. The average Bonchev–Trinajstić information content (AvgIpc) is 3.10. The van der Waals surface area contributed by atoms with Crippen LogP contribution in [0.1, 0.15) is 71.7 Å². The maximum Gasteiger partial charge on any atom is 0.416 e. The van der Waals surface area contributed by atoms with E-state index in [4.69, 9.17) is 4.74 Å². The second kappa shape index (κ2) is 9.97. The molecule has 0 radical (unpaired) electrons. The lowest BCUT2D eigenvalue weighted by Crippen LogP contribution is -2.31. The van der Waals surface area contributed by atoms with Crippen LogP contribution in [0.25, 0.3) is 11.1 Å². The summed E-state index contributed by atoms with van der Waals surface area (Å²) in [6.07, 6.45) is -6.02. The molecule has 3 aromatic carbocycles. The Labute approximate surface area is 219 Å². The summed E-state index contributed by atoms with van der Waals surface area (Å²) < 4.78 is 60.6. The Morgan fingerprint density at radius 3 is 2.32 bits per heavy atom. The summed E-state index contributed by atoms with van der Waals surface area (Å²) in [7, 11) is 0. The highest BCUT2D eigenvalue weighted by atomic mass is 19.4. The minimum atomic E-state index is -4.52. The second-order valence-corrected chi connectivity index (χ2v) is 10.4. The number of cyclic esters (lactones) is 1. The highest BCUT2D eigenvalue weighted by Gasteiger charge is 2.41. The molecule has 4 rings (SSSR count). The van der Waals surface area contributed by atoms with Gasteiger partial charge in [-0.3, -0.25) is 4.90 Å². The van der Waals surface area contributed by atoms with Crippen LogP contribution in [0.2, 0.25) is 0 Å². The number of carbonyl (C=O) groups is 1. The minimum Gasteiger partial charge on any atom is -0.505 e. The van der Waals surface area contributed by atoms with E-state index in [0.29, 0.717) is 22.3 Å². The van der Waals surface area contributed by atoms with E-state index in [1.165, 1.54) is 4.90 Å². The number of halogens is 4. The molecule has 0 bridgehead atoms. The van der Waals surface area contributed by atoms with Gasteiger partial charge < -0.3 is 9.84 Å². The van der Waals surface area contributed by atoms with Crippen LogP contribution >= 0.6 is 0 Å². The van der Waals surface area contributed by atoms with Crippen molar-refractivity contribution in [2.24, 2.45) is 0 Å². The molecule has 2 atom stereocenters. The Morgan fingerprint density at radius 1 is 1.00 bits per heavy atom. The summed E-state index contributed by atoms with van der Waals surface area (Å²) in [6, 6.07) is 10.5. The van der Waals surface area contributed by atoms with Crippen LogP contribution in [0.4, 0.5) is 22.4 Å². The smallest absolute Gasteiger partial charge is 0.416 e. The van der Waals surface area contributed by atoms with Crippen LogP contribution in [-0.4, -0.2) is 22.1 Å². The zero-order valence-corrected chi connectivity index (χ0v) is 22.2. The molecule has 1 heterocycles. The number of rotatable bonds is 5. The van der Waals surface area contributed by atoms with Gasteiger partial charge >= 0.3 is 12.3 Å². The average molecular weight is 530 g/mol. The number of phenolic OH excluding ortho intramolecular Hbond substituents is 1. The fourth-order valence-electron chi connectivity index (χ4n) is 5.06. The predicted octanol–water partition coefficient (Wildman–Crippen LogP) is 8.35. The molecule has 1 amide bonds. The molecule has 202 valence electrons. The number of aromatic hydroxyl groups is 1. The number of benzene rings is 3. The molecule has 38 heavy (non-hydrogen) atoms. The van der Waals surface area contributed by atoms with E-state index in [1.54, 1.807) is 32.9 Å². The number of hydrogen-bond donors (Lipinski definition) is 1. The molecular weight excluding hydrogens is 498 g/mol. The SMILES string of the molecule is Cc1cc([C@H]2OC(=O)N(Cc3cc(C)ccc3-c3cc(C(C)C)c(F)c(O)c3C)[C@H]2C)cc(C(F)(F)F)c1. The molecular formula is C30H31F4NO3. The van der Waals surface area contributed by atoms with E-state index in [1.807, 2.05) is 39.0 Å². The third-order valence-electron chi connectivity index (χ3n) is 7.18. The zero-order valence-electron chi connectivity index (χ0n) is 22.2. The summed E-state index contributed by atoms with van der Waals surface area (Å²) in [6.45, 7) is 10.7. The van der Waals surface area contributed by atoms with Crippen molar-refractivity contribution in [3.05, 3.63) is 87.2 Å². The molecule has 0 spiro atoms. The minimum absolute atomic E-state index is 0.125. The molecule has 1 fully saturated rings. The monoisotopic (exact) mass is 529 g/mol. The number of carbonyl (C=O) groups excluding carboxylic acids is 1. The first-order chi connectivity index (χ1) is 17.7. The fraction of sp³-hybridized carbons (Fsp3) is 0.367. The van der Waals surface area contributed by atoms with Crippen LogP contribution in [-0.2, 0) is 17.5 Å². The lowest BCUT2D eigenvalue weighted by atomic mass is 9.89. The molecule has 1 aliphatic heterocycles. The van der Waals surface area contributed by atoms with Crippen LogP contribution in [0.5, 0.6) is 5.75 Å². The van der Waals surface area contributed by atoms with Crippen molar-refractivity contribution in [3.63, 3.8) is 0 Å². The molecule has 1 N–H and O–H groups in total. The number of amides is 1. The van der Waals surface area contributed by atoms with E-state index >= 15 is 0 Å². The molecule has 1 saturated heterocycles. The summed E-state index contributed by atoms with van der Waals surface area (Å²) in [5, 5.41) is 10.5. The normalized spacial score (nSPS) is 17.9. The van der Waals surface area contributed by atoms with Gasteiger partial charge in [-0.05, 0) is 79.6 Å². The van der Waals surface area contributed by atoms with Gasteiger partial charge in [-0.15, -0.1) is 0 Å². The first-order valence-electron chi connectivity index (χ1n) is 12.5. The molecule has 8 heteroatoms. The van der Waals surface area contributed by atoms with E-state index in [-0.39, 0.29) is 18.0 Å². The molecule has 0 aliphatic carbocycles. The van der Waals surface area contributed by atoms with Gasteiger partial charge in [-0.25, -0.2) is 9.18 Å². The standard InChI is InChI=1S/C30H31F4NO3/c1-15(2)24-13-25(18(5)27(36)26(24)31)23-8-7-16(3)9-21(23)14-35-19(6)28(38-29(35)37)20-10-17(4)11-22(12-20)30(32,33)34/h7-13,15,19,28,36H,14H2,1-6H3/t19-,28-/m0/s1. The van der Waals surface area contributed by atoms with Gasteiger partial charge in [-0.1, -0.05) is 49.2 Å². The van der Waals surface area contributed by atoms with Crippen molar-refractivity contribution in [2.45, 2.75) is 72.3 Å². The van der Waals surface area contributed by atoms with Crippen LogP contribution in [0.15, 0.2) is 42.5 Å². The summed E-state index contributed by atoms with van der Waals surface area (Å²) in [5.41, 5.74) is 3.73. The van der Waals surface area contributed by atoms with Crippen molar-refractivity contribution in [3.8, 4) is 16.9 Å². The first kappa shape index (κ1) is 27.5. The Bertz CT molecular complexity index is 1400. The summed E-state index contributed by atoms with van der Waals surface area (Å²) in [4.78, 5) is 14.5. The lowest BCUT2D eigenvalue weighted by Gasteiger charge is -2.24. The second-order valence-electron chi connectivity index (χ2n) is 10.4. The lowest BCUT2D eigenvalue weighted by molar-refractivity contribution is -0.137. The topological polar surface area (TPSA) is 49.8 Å². The summed E-state index contributed by atoms with van der Waals surface area (Å²) >= 11 is 0. The van der Waals surface area contributed by atoms with Crippen LogP contribution in [0, 0.1) is 26.6 Å². The highest BCUT2D eigenvalue weighted by Crippen LogP contribution is 2.41. The Morgan fingerprint density at radius 2 is 1.68 bits per heavy atom. The maximum atomic E-state index is 14.7. The third-order valence-corrected chi connectivity index (χ3v) is 7.18.